The lowest BCUT2D eigenvalue weighted by atomic mass is 9.91. The monoisotopic (exact) mass is 410 g/mol. The van der Waals surface area contributed by atoms with Gasteiger partial charge >= 0.3 is 0 Å². The first kappa shape index (κ1) is 19.1. The van der Waals surface area contributed by atoms with Crippen molar-refractivity contribution < 1.29 is 9.53 Å². The van der Waals surface area contributed by atoms with Crippen LogP contribution in [-0.4, -0.2) is 27.8 Å². The Bertz CT molecular complexity index is 1190. The van der Waals surface area contributed by atoms with Crippen molar-refractivity contribution in [3.05, 3.63) is 108 Å². The Labute approximate surface area is 180 Å². The first-order valence-electron chi connectivity index (χ1n) is 10.2. The molecule has 6 nitrogen and oxygen atoms in total. The lowest BCUT2D eigenvalue weighted by molar-refractivity contribution is 0.0963. The summed E-state index contributed by atoms with van der Waals surface area (Å²) in [7, 11) is 1.60. The minimum absolute atomic E-state index is 0.0155. The Morgan fingerprint density at radius 3 is 2.26 bits per heavy atom. The van der Waals surface area contributed by atoms with Crippen LogP contribution in [0.25, 0.3) is 0 Å². The number of hydrogen-bond acceptors (Lipinski definition) is 4. The van der Waals surface area contributed by atoms with Crippen LogP contribution in [0.4, 0.5) is 5.95 Å². The lowest BCUT2D eigenvalue weighted by Crippen LogP contribution is -2.42. The van der Waals surface area contributed by atoms with Gasteiger partial charge in [-0.05, 0) is 35.7 Å². The van der Waals surface area contributed by atoms with Crippen LogP contribution in [0.2, 0.25) is 0 Å². The summed E-state index contributed by atoms with van der Waals surface area (Å²) in [4.78, 5) is 20.0. The summed E-state index contributed by atoms with van der Waals surface area (Å²) < 4.78 is 7.18. The number of carbonyl (C=O) groups excluding carboxylic acids is 1. The second kappa shape index (κ2) is 8.07. The summed E-state index contributed by atoms with van der Waals surface area (Å²) in [5.74, 6) is 1.05. The molecule has 2 heterocycles. The molecule has 4 aromatic rings. The number of ether oxygens (including phenoxy) is 1. The fraction of sp³-hybridized carbons (Fsp3) is 0.160. The molecule has 0 bridgehead atoms. The van der Waals surface area contributed by atoms with E-state index in [1.54, 1.807) is 24.1 Å². The largest absolute Gasteiger partial charge is 0.497 e. The van der Waals surface area contributed by atoms with Gasteiger partial charge in [-0.25, -0.2) is 4.68 Å². The van der Waals surface area contributed by atoms with Gasteiger partial charge < -0.3 is 4.74 Å². The Morgan fingerprint density at radius 2 is 1.58 bits per heavy atom. The zero-order chi connectivity index (χ0) is 21.2. The molecule has 6 heteroatoms. The Kier molecular flexibility index (Phi) is 4.96. The summed E-state index contributed by atoms with van der Waals surface area (Å²) in [6.45, 7) is 0. The average molecular weight is 410 g/mol. The Morgan fingerprint density at radius 1 is 0.903 bits per heavy atom. The van der Waals surface area contributed by atoms with Gasteiger partial charge in [0.15, 0.2) is 0 Å². The molecule has 1 aliphatic rings. The smallest absolute Gasteiger partial charge is 0.261 e. The number of benzene rings is 3. The third kappa shape index (κ3) is 3.46. The lowest BCUT2D eigenvalue weighted by Gasteiger charge is -2.39. The van der Waals surface area contributed by atoms with Crippen LogP contribution >= 0.6 is 0 Å². The van der Waals surface area contributed by atoms with Gasteiger partial charge in [0, 0.05) is 5.56 Å². The Balaban J connectivity index is 1.64. The first-order valence-corrected chi connectivity index (χ1v) is 10.2. The minimum atomic E-state index is -0.179. The van der Waals surface area contributed by atoms with Crippen molar-refractivity contribution in [3.8, 4) is 5.75 Å². The van der Waals surface area contributed by atoms with Gasteiger partial charge in [-0.15, -0.1) is 0 Å². The predicted molar refractivity (Wildman–Crippen MR) is 118 cm³/mol. The SMILES string of the molecule is COc1cccc(C(=O)N2c3ncnn3[C@@H](c3ccccc3)C[C@@H]2c2ccccc2)c1. The number of methoxy groups -OCH3 is 1. The topological polar surface area (TPSA) is 60.2 Å². The molecule has 154 valence electrons. The molecule has 0 aliphatic carbocycles. The number of anilines is 1. The van der Waals surface area contributed by atoms with Gasteiger partial charge in [0.1, 0.15) is 12.1 Å². The summed E-state index contributed by atoms with van der Waals surface area (Å²) in [6.07, 6.45) is 2.21. The van der Waals surface area contributed by atoms with Crippen LogP contribution in [0.15, 0.2) is 91.3 Å². The molecule has 5 rings (SSSR count). The maximum atomic E-state index is 13.7. The van der Waals surface area contributed by atoms with Crippen LogP contribution in [-0.2, 0) is 0 Å². The number of rotatable bonds is 4. The number of nitrogens with zero attached hydrogens (tertiary/aromatic N) is 4. The van der Waals surface area contributed by atoms with Crippen LogP contribution < -0.4 is 9.64 Å². The van der Waals surface area contributed by atoms with Crippen molar-refractivity contribution in [1.82, 2.24) is 14.8 Å². The fourth-order valence-electron chi connectivity index (χ4n) is 4.23. The van der Waals surface area contributed by atoms with Gasteiger partial charge in [-0.1, -0.05) is 66.7 Å². The molecule has 31 heavy (non-hydrogen) atoms. The molecule has 3 aromatic carbocycles. The molecule has 0 spiro atoms. The normalized spacial score (nSPS) is 17.8. The van der Waals surface area contributed by atoms with Crippen LogP contribution in [0.5, 0.6) is 5.75 Å². The highest BCUT2D eigenvalue weighted by atomic mass is 16.5. The second-order valence-corrected chi connectivity index (χ2v) is 7.50. The van der Waals surface area contributed by atoms with E-state index >= 15 is 0 Å². The van der Waals surface area contributed by atoms with E-state index in [-0.39, 0.29) is 18.0 Å². The molecular formula is C25H22N4O2. The van der Waals surface area contributed by atoms with E-state index in [1.165, 1.54) is 6.33 Å². The fourth-order valence-corrected chi connectivity index (χ4v) is 4.23. The third-order valence-electron chi connectivity index (χ3n) is 5.73. The maximum Gasteiger partial charge on any atom is 0.261 e. The van der Waals surface area contributed by atoms with Crippen molar-refractivity contribution in [2.75, 3.05) is 12.0 Å². The first-order chi connectivity index (χ1) is 15.3. The quantitative estimate of drug-likeness (QED) is 0.491. The van der Waals surface area contributed by atoms with Crippen molar-refractivity contribution >= 4 is 11.9 Å². The van der Waals surface area contributed by atoms with Crippen molar-refractivity contribution in [2.24, 2.45) is 0 Å². The van der Waals surface area contributed by atoms with Crippen LogP contribution in [0, 0.1) is 0 Å². The predicted octanol–water partition coefficient (Wildman–Crippen LogP) is 4.67. The molecule has 1 amide bonds. The Hall–Kier alpha value is -3.93. The molecule has 2 atom stereocenters. The number of aromatic nitrogens is 3. The summed E-state index contributed by atoms with van der Waals surface area (Å²) >= 11 is 0. The van der Waals surface area contributed by atoms with E-state index < -0.39 is 0 Å². The zero-order valence-corrected chi connectivity index (χ0v) is 17.1. The zero-order valence-electron chi connectivity index (χ0n) is 17.1. The van der Waals surface area contributed by atoms with Crippen LogP contribution in [0.3, 0.4) is 0 Å². The van der Waals surface area contributed by atoms with Gasteiger partial charge in [-0.2, -0.15) is 10.1 Å². The van der Waals surface area contributed by atoms with Gasteiger partial charge in [0.2, 0.25) is 5.95 Å². The molecule has 0 N–H and O–H groups in total. The number of hydrogen-bond donors (Lipinski definition) is 0. The number of fused-ring (bicyclic) bond motifs is 1. The van der Waals surface area contributed by atoms with E-state index in [9.17, 15) is 4.79 Å². The summed E-state index contributed by atoms with van der Waals surface area (Å²) in [6, 6.07) is 27.4. The molecule has 0 saturated heterocycles. The molecule has 0 saturated carbocycles. The van der Waals surface area contributed by atoms with E-state index in [0.29, 0.717) is 23.7 Å². The van der Waals surface area contributed by atoms with E-state index in [0.717, 1.165) is 11.1 Å². The van der Waals surface area contributed by atoms with E-state index in [4.69, 9.17) is 4.74 Å². The number of carbonyl (C=O) groups is 1. The molecular weight excluding hydrogens is 388 g/mol. The molecule has 1 aliphatic heterocycles. The average Bonchev–Trinajstić information content (AvgIpc) is 3.33. The van der Waals surface area contributed by atoms with Gasteiger partial charge in [-0.3, -0.25) is 9.69 Å². The highest BCUT2D eigenvalue weighted by molar-refractivity contribution is 6.06. The van der Waals surface area contributed by atoms with Gasteiger partial charge in [0.05, 0.1) is 19.2 Å². The van der Waals surface area contributed by atoms with Crippen LogP contribution in [0.1, 0.15) is 40.0 Å². The maximum absolute atomic E-state index is 13.7. The van der Waals surface area contributed by atoms with E-state index in [2.05, 4.69) is 34.3 Å². The van der Waals surface area contributed by atoms with Crippen molar-refractivity contribution in [2.45, 2.75) is 18.5 Å². The minimum Gasteiger partial charge on any atom is -0.497 e. The molecule has 1 aromatic heterocycles. The molecule has 0 unspecified atom stereocenters. The summed E-state index contributed by atoms with van der Waals surface area (Å²) in [5.41, 5.74) is 2.76. The number of amides is 1. The van der Waals surface area contributed by atoms with Crippen molar-refractivity contribution in [3.63, 3.8) is 0 Å². The molecule has 0 radical (unpaired) electrons. The highest BCUT2D eigenvalue weighted by Gasteiger charge is 2.39. The van der Waals surface area contributed by atoms with Crippen molar-refractivity contribution in [1.29, 1.82) is 0 Å². The third-order valence-corrected chi connectivity index (χ3v) is 5.73. The van der Waals surface area contributed by atoms with Gasteiger partial charge in [0.25, 0.3) is 5.91 Å². The standard InChI is InChI=1S/C25H22N4O2/c1-31-21-14-8-13-20(15-21)24(30)28-22(18-9-4-2-5-10-18)16-23(19-11-6-3-7-12-19)29-25(28)26-17-27-29/h2-15,17,22-23H,16H2,1H3/t22-,23-/m1/s1. The molecule has 0 fully saturated rings. The second-order valence-electron chi connectivity index (χ2n) is 7.50. The highest BCUT2D eigenvalue weighted by Crippen LogP contribution is 2.42. The van der Waals surface area contributed by atoms with E-state index in [1.807, 2.05) is 53.2 Å². The summed E-state index contributed by atoms with van der Waals surface area (Å²) in [5, 5.41) is 4.49.